The number of halogens is 1. The highest BCUT2D eigenvalue weighted by Crippen LogP contribution is 2.31. The lowest BCUT2D eigenvalue weighted by atomic mass is 10.2. The molecule has 3 N–H and O–H groups in total. The lowest BCUT2D eigenvalue weighted by molar-refractivity contribution is 0.416. The number of hydrogen-bond donors (Lipinski definition) is 2. The monoisotopic (exact) mass is 248 g/mol. The summed E-state index contributed by atoms with van der Waals surface area (Å²) >= 11 is 5.91. The zero-order valence-corrected chi connectivity index (χ0v) is 9.75. The lowest BCUT2D eigenvalue weighted by Gasteiger charge is -2.05. The SMILES string of the molecule is COc1ccc(Cl)cc1-c1nc(N)c(C#N)[nH]1. The van der Waals surface area contributed by atoms with Crippen molar-refractivity contribution in [1.82, 2.24) is 9.97 Å². The molecule has 0 spiro atoms. The van der Waals surface area contributed by atoms with E-state index in [1.165, 1.54) is 0 Å². The maximum absolute atomic E-state index is 8.80. The minimum atomic E-state index is 0.157. The number of nitrogen functional groups attached to an aromatic ring is 1. The number of nitrogens with zero attached hydrogens (tertiary/aromatic N) is 2. The number of rotatable bonds is 2. The third kappa shape index (κ3) is 2.03. The fraction of sp³-hybridized carbons (Fsp3) is 0.0909. The Morgan fingerprint density at radius 1 is 1.53 bits per heavy atom. The molecule has 2 aromatic rings. The van der Waals surface area contributed by atoms with Crippen molar-refractivity contribution in [1.29, 1.82) is 5.26 Å². The number of aromatic nitrogens is 2. The van der Waals surface area contributed by atoms with Gasteiger partial charge < -0.3 is 15.5 Å². The summed E-state index contributed by atoms with van der Waals surface area (Å²) in [5.41, 5.74) is 6.46. The fourth-order valence-electron chi connectivity index (χ4n) is 1.46. The van der Waals surface area contributed by atoms with Gasteiger partial charge in [-0.1, -0.05) is 11.6 Å². The Morgan fingerprint density at radius 2 is 2.29 bits per heavy atom. The Hall–Kier alpha value is -2.19. The standard InChI is InChI=1S/C11H9ClN4O/c1-17-9-3-2-6(12)4-7(9)11-15-8(5-13)10(14)16-11/h2-4H,14H2,1H3,(H,15,16). The Kier molecular flexibility index (Phi) is 2.90. The minimum absolute atomic E-state index is 0.157. The van der Waals surface area contributed by atoms with Gasteiger partial charge in [-0.3, -0.25) is 0 Å². The average molecular weight is 249 g/mol. The predicted molar refractivity (Wildman–Crippen MR) is 64.7 cm³/mol. The Morgan fingerprint density at radius 3 is 2.88 bits per heavy atom. The quantitative estimate of drug-likeness (QED) is 0.853. The van der Waals surface area contributed by atoms with Crippen molar-refractivity contribution in [3.05, 3.63) is 28.9 Å². The van der Waals surface area contributed by atoms with Crippen molar-refractivity contribution in [2.24, 2.45) is 0 Å². The molecule has 1 heterocycles. The van der Waals surface area contributed by atoms with Gasteiger partial charge in [-0.05, 0) is 18.2 Å². The molecular formula is C11H9ClN4O. The number of nitriles is 1. The zero-order valence-electron chi connectivity index (χ0n) is 8.99. The molecular weight excluding hydrogens is 240 g/mol. The van der Waals surface area contributed by atoms with Crippen molar-refractivity contribution < 1.29 is 4.74 Å². The van der Waals surface area contributed by atoms with E-state index in [-0.39, 0.29) is 11.5 Å². The number of imidazole rings is 1. The molecule has 5 nitrogen and oxygen atoms in total. The van der Waals surface area contributed by atoms with E-state index >= 15 is 0 Å². The van der Waals surface area contributed by atoms with Crippen LogP contribution in [0.25, 0.3) is 11.4 Å². The van der Waals surface area contributed by atoms with E-state index in [1.54, 1.807) is 25.3 Å². The van der Waals surface area contributed by atoms with Crippen LogP contribution in [0.2, 0.25) is 5.02 Å². The van der Waals surface area contributed by atoms with Gasteiger partial charge in [0.15, 0.2) is 11.5 Å². The third-order valence-corrected chi connectivity index (χ3v) is 2.50. The number of benzene rings is 1. The number of nitrogens with one attached hydrogen (secondary N) is 1. The van der Waals surface area contributed by atoms with Crippen LogP contribution >= 0.6 is 11.6 Å². The number of hydrogen-bond acceptors (Lipinski definition) is 4. The number of anilines is 1. The number of nitrogens with two attached hydrogens (primary N) is 1. The molecule has 0 aliphatic heterocycles. The van der Waals surface area contributed by atoms with Gasteiger partial charge in [0.05, 0.1) is 12.7 Å². The molecule has 86 valence electrons. The van der Waals surface area contributed by atoms with Crippen LogP contribution in [-0.2, 0) is 0 Å². The first kappa shape index (κ1) is 11.3. The number of aromatic amines is 1. The molecule has 2 rings (SSSR count). The van der Waals surface area contributed by atoms with Gasteiger partial charge in [0.1, 0.15) is 17.6 Å². The molecule has 0 aliphatic rings. The molecule has 0 amide bonds. The van der Waals surface area contributed by atoms with E-state index in [4.69, 9.17) is 27.3 Å². The summed E-state index contributed by atoms with van der Waals surface area (Å²) in [5, 5.41) is 9.35. The van der Waals surface area contributed by atoms with E-state index < -0.39 is 0 Å². The maximum atomic E-state index is 8.80. The smallest absolute Gasteiger partial charge is 0.161 e. The molecule has 6 heteroatoms. The molecule has 0 fully saturated rings. The highest BCUT2D eigenvalue weighted by molar-refractivity contribution is 6.30. The summed E-state index contributed by atoms with van der Waals surface area (Å²) in [6.45, 7) is 0. The topological polar surface area (TPSA) is 87.7 Å². The van der Waals surface area contributed by atoms with Gasteiger partial charge in [0, 0.05) is 5.02 Å². The minimum Gasteiger partial charge on any atom is -0.496 e. The predicted octanol–water partition coefficient (Wildman–Crippen LogP) is 2.19. The van der Waals surface area contributed by atoms with Gasteiger partial charge in [-0.15, -0.1) is 0 Å². The Balaban J connectivity index is 2.59. The van der Waals surface area contributed by atoms with Crippen LogP contribution in [0.5, 0.6) is 5.75 Å². The number of H-pyrrole nitrogens is 1. The van der Waals surface area contributed by atoms with E-state index in [0.29, 0.717) is 22.2 Å². The number of methoxy groups -OCH3 is 1. The second kappa shape index (κ2) is 4.36. The van der Waals surface area contributed by atoms with Crippen LogP contribution < -0.4 is 10.5 Å². The van der Waals surface area contributed by atoms with Crippen LogP contribution in [-0.4, -0.2) is 17.1 Å². The summed E-state index contributed by atoms with van der Waals surface area (Å²) in [6.07, 6.45) is 0. The van der Waals surface area contributed by atoms with E-state index in [2.05, 4.69) is 9.97 Å². The van der Waals surface area contributed by atoms with Crippen molar-refractivity contribution in [3.8, 4) is 23.2 Å². The Bertz CT molecular complexity index is 600. The third-order valence-electron chi connectivity index (χ3n) is 2.26. The molecule has 1 aromatic carbocycles. The zero-order chi connectivity index (χ0) is 12.4. The van der Waals surface area contributed by atoms with Crippen LogP contribution in [0.15, 0.2) is 18.2 Å². The fourth-order valence-corrected chi connectivity index (χ4v) is 1.64. The van der Waals surface area contributed by atoms with Gasteiger partial charge in [-0.25, -0.2) is 4.98 Å². The second-order valence-corrected chi connectivity index (χ2v) is 3.74. The second-order valence-electron chi connectivity index (χ2n) is 3.30. The van der Waals surface area contributed by atoms with E-state index in [0.717, 1.165) is 0 Å². The molecule has 0 saturated heterocycles. The van der Waals surface area contributed by atoms with Gasteiger partial charge in [0.2, 0.25) is 0 Å². The van der Waals surface area contributed by atoms with E-state index in [9.17, 15) is 0 Å². The first-order chi connectivity index (χ1) is 8.15. The first-order valence-electron chi connectivity index (χ1n) is 4.75. The van der Waals surface area contributed by atoms with Crippen molar-refractivity contribution >= 4 is 17.4 Å². The molecule has 1 aromatic heterocycles. The molecule has 0 aliphatic carbocycles. The van der Waals surface area contributed by atoms with Crippen LogP contribution in [0.1, 0.15) is 5.69 Å². The van der Waals surface area contributed by atoms with Gasteiger partial charge >= 0.3 is 0 Å². The molecule has 0 atom stereocenters. The van der Waals surface area contributed by atoms with Gasteiger partial charge in [-0.2, -0.15) is 5.26 Å². The molecule has 0 radical (unpaired) electrons. The first-order valence-corrected chi connectivity index (χ1v) is 5.13. The lowest BCUT2D eigenvalue weighted by Crippen LogP contribution is -1.90. The molecule has 0 bridgehead atoms. The van der Waals surface area contributed by atoms with Crippen LogP contribution in [0, 0.1) is 11.3 Å². The Labute approximate surface area is 103 Å². The average Bonchev–Trinajstić information content (AvgIpc) is 2.70. The molecule has 0 saturated carbocycles. The number of ether oxygens (including phenoxy) is 1. The van der Waals surface area contributed by atoms with Gasteiger partial charge in [0.25, 0.3) is 0 Å². The summed E-state index contributed by atoms with van der Waals surface area (Å²) < 4.78 is 5.20. The molecule has 0 unspecified atom stereocenters. The van der Waals surface area contributed by atoms with Crippen molar-refractivity contribution in [3.63, 3.8) is 0 Å². The molecule has 17 heavy (non-hydrogen) atoms. The maximum Gasteiger partial charge on any atom is 0.161 e. The summed E-state index contributed by atoms with van der Waals surface area (Å²) in [6, 6.07) is 7.05. The van der Waals surface area contributed by atoms with E-state index in [1.807, 2.05) is 6.07 Å². The highest BCUT2D eigenvalue weighted by atomic mass is 35.5. The largest absolute Gasteiger partial charge is 0.496 e. The van der Waals surface area contributed by atoms with Crippen LogP contribution in [0.3, 0.4) is 0 Å². The normalized spacial score (nSPS) is 9.94. The highest BCUT2D eigenvalue weighted by Gasteiger charge is 2.13. The van der Waals surface area contributed by atoms with Crippen LogP contribution in [0.4, 0.5) is 5.82 Å². The van der Waals surface area contributed by atoms with Crippen molar-refractivity contribution in [2.75, 3.05) is 12.8 Å². The van der Waals surface area contributed by atoms with Crippen molar-refractivity contribution in [2.45, 2.75) is 0 Å². The summed E-state index contributed by atoms with van der Waals surface area (Å²) in [5.74, 6) is 1.22. The summed E-state index contributed by atoms with van der Waals surface area (Å²) in [4.78, 5) is 6.88. The summed E-state index contributed by atoms with van der Waals surface area (Å²) in [7, 11) is 1.55.